The monoisotopic (exact) mass is 662 g/mol. The smallest absolute Gasteiger partial charge is 0.0618 e. The standard InChI is InChI=1S/C50H34N2/c1-3-15-35(16-4-1)36-27-29-37(30-28-36)49-43-21-7-9-23-45(43)50(46-24-10-8-22-44(46)49)51(38-17-5-2-6-18-38)39-31-33-40(34-32-39)52-47-25-13-11-19-41(47)42-20-12-14-26-48(42)52/h1-34H. The predicted molar refractivity (Wildman–Crippen MR) is 221 cm³/mol. The number of benzene rings is 9. The molecular weight excluding hydrogens is 629 g/mol. The molecule has 0 aliphatic rings. The minimum absolute atomic E-state index is 1.10. The van der Waals surface area contributed by atoms with Gasteiger partial charge in [-0.3, -0.25) is 0 Å². The molecule has 0 unspecified atom stereocenters. The summed E-state index contributed by atoms with van der Waals surface area (Å²) >= 11 is 0. The van der Waals surface area contributed by atoms with E-state index in [2.05, 4.69) is 216 Å². The van der Waals surface area contributed by atoms with Crippen molar-refractivity contribution in [1.82, 2.24) is 4.57 Å². The molecular formula is C50H34N2. The lowest BCUT2D eigenvalue weighted by atomic mass is 9.89. The zero-order chi connectivity index (χ0) is 34.4. The first kappa shape index (κ1) is 30.0. The van der Waals surface area contributed by atoms with Crippen LogP contribution in [0.2, 0.25) is 0 Å². The van der Waals surface area contributed by atoms with Gasteiger partial charge in [-0.2, -0.15) is 0 Å². The second-order valence-corrected chi connectivity index (χ2v) is 13.3. The topological polar surface area (TPSA) is 8.17 Å². The molecule has 0 bridgehead atoms. The summed E-state index contributed by atoms with van der Waals surface area (Å²) < 4.78 is 2.38. The molecule has 1 heterocycles. The highest BCUT2D eigenvalue weighted by Crippen LogP contribution is 2.48. The molecule has 10 aromatic rings. The van der Waals surface area contributed by atoms with E-state index < -0.39 is 0 Å². The fraction of sp³-hybridized carbons (Fsp3) is 0. The molecule has 244 valence electrons. The molecule has 0 fully saturated rings. The molecule has 0 N–H and O–H groups in total. The van der Waals surface area contributed by atoms with Gasteiger partial charge >= 0.3 is 0 Å². The van der Waals surface area contributed by atoms with Gasteiger partial charge in [0.2, 0.25) is 0 Å². The lowest BCUT2D eigenvalue weighted by Gasteiger charge is -2.29. The molecule has 0 aliphatic carbocycles. The summed E-state index contributed by atoms with van der Waals surface area (Å²) in [4.78, 5) is 2.43. The second-order valence-electron chi connectivity index (χ2n) is 13.3. The van der Waals surface area contributed by atoms with E-state index in [-0.39, 0.29) is 0 Å². The van der Waals surface area contributed by atoms with Crippen LogP contribution >= 0.6 is 0 Å². The lowest BCUT2D eigenvalue weighted by Crippen LogP contribution is -2.11. The average molecular weight is 663 g/mol. The van der Waals surface area contributed by atoms with Gasteiger partial charge in [-0.15, -0.1) is 0 Å². The van der Waals surface area contributed by atoms with Gasteiger partial charge in [0.05, 0.1) is 16.7 Å². The van der Waals surface area contributed by atoms with E-state index in [0.717, 1.165) is 17.1 Å². The van der Waals surface area contributed by atoms with Crippen molar-refractivity contribution in [2.24, 2.45) is 0 Å². The third kappa shape index (κ3) is 4.88. The van der Waals surface area contributed by atoms with Gasteiger partial charge in [-0.05, 0) is 81.6 Å². The van der Waals surface area contributed by atoms with Gasteiger partial charge in [0.15, 0.2) is 0 Å². The summed E-state index contributed by atoms with van der Waals surface area (Å²) in [6, 6.07) is 74.6. The zero-order valence-corrected chi connectivity index (χ0v) is 28.5. The Bertz CT molecular complexity index is 2760. The first-order chi connectivity index (χ1) is 25.8. The molecule has 0 amide bonds. The van der Waals surface area contributed by atoms with Gasteiger partial charge in [0, 0.05) is 38.6 Å². The van der Waals surface area contributed by atoms with Gasteiger partial charge in [-0.25, -0.2) is 0 Å². The maximum atomic E-state index is 2.43. The molecule has 0 spiro atoms. The predicted octanol–water partition coefficient (Wildman–Crippen LogP) is 13.9. The summed E-state index contributed by atoms with van der Waals surface area (Å²) in [6.45, 7) is 0. The Morgan fingerprint density at radius 1 is 0.288 bits per heavy atom. The van der Waals surface area contributed by atoms with Gasteiger partial charge in [0.1, 0.15) is 0 Å². The highest BCUT2D eigenvalue weighted by atomic mass is 15.1. The van der Waals surface area contributed by atoms with Crippen LogP contribution in [0.15, 0.2) is 206 Å². The summed E-state index contributed by atoms with van der Waals surface area (Å²) in [5.74, 6) is 0. The van der Waals surface area contributed by atoms with Crippen molar-refractivity contribution < 1.29 is 0 Å². The van der Waals surface area contributed by atoms with Crippen LogP contribution in [0, 0.1) is 0 Å². The maximum absolute atomic E-state index is 2.43. The highest BCUT2D eigenvalue weighted by Gasteiger charge is 2.22. The molecule has 9 aromatic carbocycles. The Morgan fingerprint density at radius 3 is 1.25 bits per heavy atom. The van der Waals surface area contributed by atoms with E-state index in [0.29, 0.717) is 0 Å². The molecule has 2 nitrogen and oxygen atoms in total. The van der Waals surface area contributed by atoms with Crippen LogP contribution in [-0.2, 0) is 0 Å². The summed E-state index contributed by atoms with van der Waals surface area (Å²) in [6.07, 6.45) is 0. The second kappa shape index (κ2) is 12.5. The van der Waals surface area contributed by atoms with Crippen molar-refractivity contribution in [3.63, 3.8) is 0 Å². The first-order valence-corrected chi connectivity index (χ1v) is 17.9. The minimum atomic E-state index is 1.10. The summed E-state index contributed by atoms with van der Waals surface area (Å²) in [5, 5.41) is 7.40. The van der Waals surface area contributed by atoms with E-state index in [1.807, 2.05) is 0 Å². The molecule has 2 heteroatoms. The summed E-state index contributed by atoms with van der Waals surface area (Å²) in [7, 11) is 0. The van der Waals surface area contributed by atoms with Crippen LogP contribution < -0.4 is 4.90 Å². The van der Waals surface area contributed by atoms with Crippen molar-refractivity contribution in [2.45, 2.75) is 0 Å². The Balaban J connectivity index is 1.18. The summed E-state index contributed by atoms with van der Waals surface area (Å²) in [5.41, 5.74) is 11.8. The number of para-hydroxylation sites is 3. The third-order valence-electron chi connectivity index (χ3n) is 10.4. The molecule has 52 heavy (non-hydrogen) atoms. The van der Waals surface area contributed by atoms with Crippen LogP contribution in [0.25, 0.3) is 71.3 Å². The number of hydrogen-bond acceptors (Lipinski definition) is 1. The van der Waals surface area contributed by atoms with Crippen molar-refractivity contribution >= 4 is 60.4 Å². The number of anilines is 3. The fourth-order valence-corrected chi connectivity index (χ4v) is 8.05. The van der Waals surface area contributed by atoms with Crippen LogP contribution in [0.5, 0.6) is 0 Å². The highest BCUT2D eigenvalue weighted by molar-refractivity contribution is 6.22. The van der Waals surface area contributed by atoms with Crippen LogP contribution in [0.4, 0.5) is 17.1 Å². The quantitative estimate of drug-likeness (QED) is 0.161. The van der Waals surface area contributed by atoms with Crippen LogP contribution in [-0.4, -0.2) is 4.57 Å². The number of hydrogen-bond donors (Lipinski definition) is 0. The SMILES string of the molecule is c1ccc(-c2ccc(-c3c4ccccc4c(N(c4ccccc4)c4ccc(-n5c6ccccc6c6ccccc65)cc4)c4ccccc34)cc2)cc1. The zero-order valence-electron chi connectivity index (χ0n) is 28.5. The number of rotatable bonds is 6. The molecule has 0 atom stereocenters. The number of fused-ring (bicyclic) bond motifs is 5. The van der Waals surface area contributed by atoms with Gasteiger partial charge < -0.3 is 9.47 Å². The first-order valence-electron chi connectivity index (χ1n) is 17.9. The van der Waals surface area contributed by atoms with E-state index in [1.54, 1.807) is 0 Å². The van der Waals surface area contributed by atoms with Crippen molar-refractivity contribution in [3.8, 4) is 27.9 Å². The molecule has 0 saturated carbocycles. The van der Waals surface area contributed by atoms with Crippen LogP contribution in [0.3, 0.4) is 0 Å². The molecule has 0 aliphatic heterocycles. The Kier molecular flexibility index (Phi) is 7.18. The normalized spacial score (nSPS) is 11.5. The van der Waals surface area contributed by atoms with Gasteiger partial charge in [0.25, 0.3) is 0 Å². The van der Waals surface area contributed by atoms with Crippen molar-refractivity contribution in [2.75, 3.05) is 4.90 Å². The average Bonchev–Trinajstić information content (AvgIpc) is 3.56. The fourth-order valence-electron chi connectivity index (χ4n) is 8.05. The van der Waals surface area contributed by atoms with E-state index in [1.165, 1.54) is 71.3 Å². The Morgan fingerprint density at radius 2 is 0.692 bits per heavy atom. The number of aromatic nitrogens is 1. The van der Waals surface area contributed by atoms with E-state index in [4.69, 9.17) is 0 Å². The number of nitrogens with zero attached hydrogens (tertiary/aromatic N) is 2. The third-order valence-corrected chi connectivity index (χ3v) is 10.4. The van der Waals surface area contributed by atoms with E-state index >= 15 is 0 Å². The Hall–Kier alpha value is -6.90. The molecule has 10 rings (SSSR count). The van der Waals surface area contributed by atoms with Gasteiger partial charge in [-0.1, -0.05) is 158 Å². The van der Waals surface area contributed by atoms with E-state index in [9.17, 15) is 0 Å². The van der Waals surface area contributed by atoms with Crippen molar-refractivity contribution in [1.29, 1.82) is 0 Å². The maximum Gasteiger partial charge on any atom is 0.0618 e. The van der Waals surface area contributed by atoms with Crippen LogP contribution in [0.1, 0.15) is 0 Å². The molecule has 1 aromatic heterocycles. The molecule has 0 radical (unpaired) electrons. The lowest BCUT2D eigenvalue weighted by molar-refractivity contribution is 1.17. The van der Waals surface area contributed by atoms with Crippen molar-refractivity contribution in [3.05, 3.63) is 206 Å². The minimum Gasteiger partial charge on any atom is -0.309 e. The molecule has 0 saturated heterocycles. The Labute approximate surface area is 303 Å². The largest absolute Gasteiger partial charge is 0.309 e.